The number of hydrogen-bond acceptors (Lipinski definition) is 3. The van der Waals surface area contributed by atoms with Gasteiger partial charge in [0, 0.05) is 20.2 Å². The Labute approximate surface area is 97.3 Å². The average Bonchev–Trinajstić information content (AvgIpc) is 2.39. The number of methoxy groups -OCH3 is 1. The van der Waals surface area contributed by atoms with Gasteiger partial charge in [-0.1, -0.05) is 6.42 Å². The number of amides is 1. The van der Waals surface area contributed by atoms with Crippen LogP contribution in [0.25, 0.3) is 0 Å². The Morgan fingerprint density at radius 1 is 1.25 bits per heavy atom. The van der Waals surface area contributed by atoms with Gasteiger partial charge in [-0.15, -0.1) is 0 Å². The van der Waals surface area contributed by atoms with Gasteiger partial charge in [0.2, 0.25) is 5.91 Å². The van der Waals surface area contributed by atoms with E-state index >= 15 is 0 Å². The molecule has 0 aromatic carbocycles. The maximum absolute atomic E-state index is 12.2. The smallest absolute Gasteiger partial charge is 0.239 e. The SMILES string of the molecule is COC1CCN(C(=O)[C@H]2CCCCN2)CC1. The van der Waals surface area contributed by atoms with Gasteiger partial charge in [-0.05, 0) is 32.2 Å². The van der Waals surface area contributed by atoms with Gasteiger partial charge in [-0.25, -0.2) is 0 Å². The van der Waals surface area contributed by atoms with E-state index in [1.807, 2.05) is 4.90 Å². The summed E-state index contributed by atoms with van der Waals surface area (Å²) < 4.78 is 5.31. The van der Waals surface area contributed by atoms with Crippen molar-refractivity contribution in [3.8, 4) is 0 Å². The number of carbonyl (C=O) groups excluding carboxylic acids is 1. The molecule has 0 spiro atoms. The first-order valence-corrected chi connectivity index (χ1v) is 6.36. The Morgan fingerprint density at radius 3 is 2.56 bits per heavy atom. The molecule has 0 aromatic rings. The maximum Gasteiger partial charge on any atom is 0.239 e. The molecule has 0 radical (unpaired) electrons. The molecule has 0 aromatic heterocycles. The lowest BCUT2D eigenvalue weighted by Crippen LogP contribution is -2.51. The van der Waals surface area contributed by atoms with E-state index in [0.29, 0.717) is 12.0 Å². The van der Waals surface area contributed by atoms with E-state index in [1.54, 1.807) is 7.11 Å². The summed E-state index contributed by atoms with van der Waals surface area (Å²) in [7, 11) is 1.75. The number of nitrogens with zero attached hydrogens (tertiary/aromatic N) is 1. The van der Waals surface area contributed by atoms with Crippen molar-refractivity contribution in [2.45, 2.75) is 44.2 Å². The Bertz CT molecular complexity index is 231. The summed E-state index contributed by atoms with van der Waals surface area (Å²) in [5, 5.41) is 3.32. The molecule has 2 saturated heterocycles. The summed E-state index contributed by atoms with van der Waals surface area (Å²) in [5.41, 5.74) is 0. The van der Waals surface area contributed by atoms with Gasteiger partial charge in [0.25, 0.3) is 0 Å². The van der Waals surface area contributed by atoms with Crippen LogP contribution in [0.5, 0.6) is 0 Å². The van der Waals surface area contributed by atoms with Crippen molar-refractivity contribution in [1.29, 1.82) is 0 Å². The minimum atomic E-state index is 0.0767. The van der Waals surface area contributed by atoms with Gasteiger partial charge in [0.1, 0.15) is 0 Å². The predicted molar refractivity (Wildman–Crippen MR) is 62.3 cm³/mol. The maximum atomic E-state index is 12.2. The average molecular weight is 226 g/mol. The largest absolute Gasteiger partial charge is 0.381 e. The first-order chi connectivity index (χ1) is 7.81. The number of ether oxygens (including phenoxy) is 1. The first kappa shape index (κ1) is 11.9. The molecule has 0 saturated carbocycles. The number of nitrogens with one attached hydrogen (secondary N) is 1. The standard InChI is InChI=1S/C12H22N2O2/c1-16-10-5-8-14(9-6-10)12(15)11-4-2-3-7-13-11/h10-11,13H,2-9H2,1H3/t11-/m1/s1. The van der Waals surface area contributed by atoms with Crippen LogP contribution in [-0.2, 0) is 9.53 Å². The zero-order valence-electron chi connectivity index (χ0n) is 10.1. The lowest BCUT2D eigenvalue weighted by molar-refractivity contribution is -0.136. The highest BCUT2D eigenvalue weighted by atomic mass is 16.5. The summed E-state index contributed by atoms with van der Waals surface area (Å²) in [6.07, 6.45) is 5.70. The molecule has 4 heteroatoms. The number of hydrogen-bond donors (Lipinski definition) is 1. The van der Waals surface area contributed by atoms with Crippen molar-refractivity contribution in [2.75, 3.05) is 26.7 Å². The molecule has 2 aliphatic rings. The second-order valence-electron chi connectivity index (χ2n) is 4.76. The number of likely N-dealkylation sites (tertiary alicyclic amines) is 1. The van der Waals surface area contributed by atoms with Crippen molar-refractivity contribution in [2.24, 2.45) is 0 Å². The molecule has 1 atom stereocenters. The molecule has 0 unspecified atom stereocenters. The summed E-state index contributed by atoms with van der Waals surface area (Å²) in [6.45, 7) is 2.70. The van der Waals surface area contributed by atoms with Gasteiger partial charge in [-0.3, -0.25) is 4.79 Å². The van der Waals surface area contributed by atoms with Crippen LogP contribution in [0, 0.1) is 0 Å². The molecule has 16 heavy (non-hydrogen) atoms. The molecule has 2 rings (SSSR count). The summed E-state index contributed by atoms with van der Waals surface area (Å²) in [4.78, 5) is 14.2. The minimum absolute atomic E-state index is 0.0767. The highest BCUT2D eigenvalue weighted by molar-refractivity contribution is 5.82. The summed E-state index contributed by atoms with van der Waals surface area (Å²) >= 11 is 0. The third kappa shape index (κ3) is 2.74. The van der Waals surface area contributed by atoms with E-state index < -0.39 is 0 Å². The van der Waals surface area contributed by atoms with Gasteiger partial charge in [0.15, 0.2) is 0 Å². The molecule has 1 amide bonds. The normalized spacial score (nSPS) is 28.1. The third-order valence-corrected chi connectivity index (χ3v) is 3.70. The predicted octanol–water partition coefficient (Wildman–Crippen LogP) is 0.766. The van der Waals surface area contributed by atoms with E-state index in [4.69, 9.17) is 4.74 Å². The number of piperidine rings is 2. The zero-order chi connectivity index (χ0) is 11.4. The van der Waals surface area contributed by atoms with Crippen LogP contribution >= 0.6 is 0 Å². The van der Waals surface area contributed by atoms with Gasteiger partial charge >= 0.3 is 0 Å². The van der Waals surface area contributed by atoms with Crippen molar-refractivity contribution >= 4 is 5.91 Å². The topological polar surface area (TPSA) is 41.6 Å². The Hall–Kier alpha value is -0.610. The second-order valence-corrected chi connectivity index (χ2v) is 4.76. The van der Waals surface area contributed by atoms with Gasteiger partial charge < -0.3 is 15.0 Å². The monoisotopic (exact) mass is 226 g/mol. The molecular formula is C12H22N2O2. The van der Waals surface area contributed by atoms with Gasteiger partial charge in [-0.2, -0.15) is 0 Å². The molecule has 0 bridgehead atoms. The van der Waals surface area contributed by atoms with Crippen LogP contribution < -0.4 is 5.32 Å². The molecule has 2 heterocycles. The molecule has 1 N–H and O–H groups in total. The Kier molecular flexibility index (Phi) is 4.18. The van der Waals surface area contributed by atoms with Crippen LogP contribution in [0.3, 0.4) is 0 Å². The minimum Gasteiger partial charge on any atom is -0.381 e. The van der Waals surface area contributed by atoms with Crippen LogP contribution in [0.15, 0.2) is 0 Å². The van der Waals surface area contributed by atoms with Crippen LogP contribution in [0.2, 0.25) is 0 Å². The highest BCUT2D eigenvalue weighted by Gasteiger charge is 2.28. The highest BCUT2D eigenvalue weighted by Crippen LogP contribution is 2.16. The third-order valence-electron chi connectivity index (χ3n) is 3.70. The Morgan fingerprint density at radius 2 is 2.00 bits per heavy atom. The first-order valence-electron chi connectivity index (χ1n) is 6.36. The second kappa shape index (κ2) is 5.64. The van der Waals surface area contributed by atoms with E-state index in [2.05, 4.69) is 5.32 Å². The fraction of sp³-hybridized carbons (Fsp3) is 0.917. The van der Waals surface area contributed by atoms with E-state index in [1.165, 1.54) is 12.8 Å². The fourth-order valence-corrected chi connectivity index (χ4v) is 2.59. The number of carbonyl (C=O) groups is 1. The van der Waals surface area contributed by atoms with E-state index in [-0.39, 0.29) is 6.04 Å². The van der Waals surface area contributed by atoms with E-state index in [0.717, 1.165) is 38.9 Å². The lowest BCUT2D eigenvalue weighted by Gasteiger charge is -2.35. The zero-order valence-corrected chi connectivity index (χ0v) is 10.1. The molecule has 2 fully saturated rings. The molecular weight excluding hydrogens is 204 g/mol. The van der Waals surface area contributed by atoms with Crippen molar-refractivity contribution < 1.29 is 9.53 Å². The van der Waals surface area contributed by atoms with Crippen LogP contribution in [0.4, 0.5) is 0 Å². The molecule has 4 nitrogen and oxygen atoms in total. The van der Waals surface area contributed by atoms with Crippen molar-refractivity contribution in [3.05, 3.63) is 0 Å². The Balaban J connectivity index is 1.81. The lowest BCUT2D eigenvalue weighted by atomic mass is 10.0. The molecule has 0 aliphatic carbocycles. The molecule has 2 aliphatic heterocycles. The van der Waals surface area contributed by atoms with E-state index in [9.17, 15) is 4.79 Å². The fourth-order valence-electron chi connectivity index (χ4n) is 2.59. The summed E-state index contributed by atoms with van der Waals surface area (Å²) in [6, 6.07) is 0.0767. The quantitative estimate of drug-likeness (QED) is 0.756. The van der Waals surface area contributed by atoms with Crippen LogP contribution in [0.1, 0.15) is 32.1 Å². The van der Waals surface area contributed by atoms with Crippen molar-refractivity contribution in [1.82, 2.24) is 10.2 Å². The van der Waals surface area contributed by atoms with Gasteiger partial charge in [0.05, 0.1) is 12.1 Å². The van der Waals surface area contributed by atoms with Crippen molar-refractivity contribution in [3.63, 3.8) is 0 Å². The van der Waals surface area contributed by atoms with Crippen LogP contribution in [-0.4, -0.2) is 49.7 Å². The number of rotatable bonds is 2. The molecule has 92 valence electrons. The summed E-state index contributed by atoms with van der Waals surface area (Å²) in [5.74, 6) is 0.300.